The van der Waals surface area contributed by atoms with Gasteiger partial charge in [0.2, 0.25) is 0 Å². The summed E-state index contributed by atoms with van der Waals surface area (Å²) in [5.41, 5.74) is -0.783. The molecular weight excluding hydrogens is 392 g/mol. The second-order valence-corrected chi connectivity index (χ2v) is 6.12. The first-order chi connectivity index (χ1) is 14.5. The Bertz CT molecular complexity index is 1140. The van der Waals surface area contributed by atoms with Crippen molar-refractivity contribution in [1.29, 1.82) is 0 Å². The lowest BCUT2D eigenvalue weighted by molar-refractivity contribution is 0.0505. The van der Waals surface area contributed by atoms with Crippen LogP contribution in [0.5, 0.6) is 5.75 Å². The van der Waals surface area contributed by atoms with Gasteiger partial charge < -0.3 is 19.4 Å². The minimum absolute atomic E-state index is 0.00172. The van der Waals surface area contributed by atoms with Crippen LogP contribution in [0.15, 0.2) is 47.4 Å². The topological polar surface area (TPSA) is 117 Å². The fourth-order valence-electron chi connectivity index (χ4n) is 2.77. The largest absolute Gasteiger partial charge is 0.506 e. The molecule has 0 saturated carbocycles. The molecule has 0 spiro atoms. The van der Waals surface area contributed by atoms with Gasteiger partial charge in [0.1, 0.15) is 12.4 Å². The van der Waals surface area contributed by atoms with Gasteiger partial charge in [-0.15, -0.1) is 4.73 Å². The fourth-order valence-corrected chi connectivity index (χ4v) is 2.77. The summed E-state index contributed by atoms with van der Waals surface area (Å²) in [5, 5.41) is 10.6. The normalized spacial score (nSPS) is 10.6. The summed E-state index contributed by atoms with van der Waals surface area (Å²) in [4.78, 5) is 47.0. The highest BCUT2D eigenvalue weighted by Gasteiger charge is 2.26. The van der Waals surface area contributed by atoms with Gasteiger partial charge in [0.05, 0.1) is 24.2 Å². The standard InChI is InChI=1S/C21H20N2O7/c1-3-28-20(26)14-10-15-17(24)16(21(27)29-4-2)19(25)23(18(15)22-11-14)30-12-13-8-6-5-7-9-13/h5-11,24H,3-4,12H2,1-2H3. The SMILES string of the molecule is CCOC(=O)c1cnc2c(c1)c(O)c(C(=O)OCC)c(=O)n2OCc1ccccc1. The van der Waals surface area contributed by atoms with Crippen molar-refractivity contribution in [2.24, 2.45) is 0 Å². The predicted octanol–water partition coefficient (Wildman–Crippen LogP) is 2.08. The van der Waals surface area contributed by atoms with Crippen molar-refractivity contribution in [1.82, 2.24) is 9.71 Å². The van der Waals surface area contributed by atoms with E-state index in [-0.39, 0.29) is 36.4 Å². The Labute approximate surface area is 171 Å². The van der Waals surface area contributed by atoms with E-state index < -0.39 is 28.8 Å². The number of carbonyl (C=O) groups is 2. The molecule has 0 atom stereocenters. The van der Waals surface area contributed by atoms with Gasteiger partial charge in [-0.2, -0.15) is 0 Å². The van der Waals surface area contributed by atoms with E-state index >= 15 is 0 Å². The van der Waals surface area contributed by atoms with Crippen LogP contribution in [-0.4, -0.2) is 40.0 Å². The van der Waals surface area contributed by atoms with Crippen LogP contribution >= 0.6 is 0 Å². The summed E-state index contributed by atoms with van der Waals surface area (Å²) in [6.07, 6.45) is 1.20. The Balaban J connectivity index is 2.17. The molecule has 9 heteroatoms. The maximum atomic E-state index is 12.9. The molecule has 9 nitrogen and oxygen atoms in total. The Morgan fingerprint density at radius 1 is 1.07 bits per heavy atom. The number of benzene rings is 1. The second kappa shape index (κ2) is 9.08. The van der Waals surface area contributed by atoms with Crippen molar-refractivity contribution < 1.29 is 29.0 Å². The Kier molecular flexibility index (Phi) is 6.31. The maximum absolute atomic E-state index is 12.9. The molecule has 3 aromatic rings. The van der Waals surface area contributed by atoms with E-state index in [1.54, 1.807) is 26.0 Å². The molecule has 0 aliphatic heterocycles. The van der Waals surface area contributed by atoms with Gasteiger partial charge in [-0.1, -0.05) is 30.3 Å². The molecule has 1 N–H and O–H groups in total. The van der Waals surface area contributed by atoms with Crippen LogP contribution in [0, 0.1) is 0 Å². The summed E-state index contributed by atoms with van der Waals surface area (Å²) in [7, 11) is 0. The van der Waals surface area contributed by atoms with Crippen LogP contribution < -0.4 is 10.4 Å². The summed E-state index contributed by atoms with van der Waals surface area (Å²) < 4.78 is 10.6. The van der Waals surface area contributed by atoms with Crippen molar-refractivity contribution in [2.75, 3.05) is 13.2 Å². The van der Waals surface area contributed by atoms with Crippen molar-refractivity contribution in [3.63, 3.8) is 0 Å². The number of rotatable bonds is 7. The minimum atomic E-state index is -1.01. The molecule has 2 heterocycles. The van der Waals surface area contributed by atoms with E-state index in [4.69, 9.17) is 14.3 Å². The average molecular weight is 412 g/mol. The van der Waals surface area contributed by atoms with Crippen molar-refractivity contribution in [2.45, 2.75) is 20.5 Å². The van der Waals surface area contributed by atoms with Gasteiger partial charge in [0.25, 0.3) is 0 Å². The molecule has 0 aliphatic rings. The van der Waals surface area contributed by atoms with E-state index in [0.717, 1.165) is 10.3 Å². The highest BCUT2D eigenvalue weighted by atomic mass is 16.7. The fraction of sp³-hybridized carbons (Fsp3) is 0.238. The van der Waals surface area contributed by atoms with Crippen molar-refractivity contribution in [3.8, 4) is 5.75 Å². The zero-order valence-corrected chi connectivity index (χ0v) is 16.5. The minimum Gasteiger partial charge on any atom is -0.506 e. The molecule has 0 unspecified atom stereocenters. The summed E-state index contributed by atoms with van der Waals surface area (Å²) in [6.45, 7) is 3.38. The first-order valence-corrected chi connectivity index (χ1v) is 9.27. The molecule has 156 valence electrons. The third kappa shape index (κ3) is 4.09. The molecule has 0 fully saturated rings. The maximum Gasteiger partial charge on any atom is 0.347 e. The number of nitrogens with zero attached hydrogens (tertiary/aromatic N) is 2. The van der Waals surface area contributed by atoms with E-state index in [1.165, 1.54) is 12.3 Å². The van der Waals surface area contributed by atoms with Crippen LogP contribution in [0.4, 0.5) is 0 Å². The Morgan fingerprint density at radius 2 is 1.73 bits per heavy atom. The van der Waals surface area contributed by atoms with Gasteiger partial charge >= 0.3 is 17.5 Å². The first-order valence-electron chi connectivity index (χ1n) is 9.27. The number of pyridine rings is 2. The Hall–Kier alpha value is -3.88. The van der Waals surface area contributed by atoms with Gasteiger partial charge in [-0.25, -0.2) is 14.6 Å². The molecule has 0 bridgehead atoms. The zero-order valence-electron chi connectivity index (χ0n) is 16.5. The zero-order chi connectivity index (χ0) is 21.7. The monoisotopic (exact) mass is 412 g/mol. The number of hydrogen-bond acceptors (Lipinski definition) is 8. The molecule has 3 rings (SSSR count). The lowest BCUT2D eigenvalue weighted by atomic mass is 10.1. The van der Waals surface area contributed by atoms with E-state index in [9.17, 15) is 19.5 Å². The number of hydrogen-bond donors (Lipinski definition) is 1. The molecule has 2 aromatic heterocycles. The summed E-state index contributed by atoms with van der Waals surface area (Å²) >= 11 is 0. The van der Waals surface area contributed by atoms with Crippen LogP contribution in [0.1, 0.15) is 40.1 Å². The summed E-state index contributed by atoms with van der Waals surface area (Å²) in [5.74, 6) is -2.32. The lowest BCUT2D eigenvalue weighted by Crippen LogP contribution is -2.32. The number of fused-ring (bicyclic) bond motifs is 1. The number of aromatic nitrogens is 2. The van der Waals surface area contributed by atoms with Crippen LogP contribution in [-0.2, 0) is 16.1 Å². The lowest BCUT2D eigenvalue weighted by Gasteiger charge is -2.15. The molecule has 0 saturated heterocycles. The smallest absolute Gasteiger partial charge is 0.347 e. The number of esters is 2. The van der Waals surface area contributed by atoms with Gasteiger partial charge in [0, 0.05) is 6.20 Å². The van der Waals surface area contributed by atoms with Crippen LogP contribution in [0.3, 0.4) is 0 Å². The van der Waals surface area contributed by atoms with Crippen LogP contribution in [0.25, 0.3) is 11.0 Å². The number of aromatic hydroxyl groups is 1. The van der Waals surface area contributed by atoms with Gasteiger partial charge in [0.15, 0.2) is 11.2 Å². The Morgan fingerprint density at radius 3 is 2.40 bits per heavy atom. The van der Waals surface area contributed by atoms with E-state index in [2.05, 4.69) is 4.98 Å². The molecule has 1 aromatic carbocycles. The quantitative estimate of drug-likeness (QED) is 0.586. The average Bonchev–Trinajstić information content (AvgIpc) is 2.74. The number of ether oxygens (including phenoxy) is 2. The molecule has 0 amide bonds. The highest BCUT2D eigenvalue weighted by molar-refractivity contribution is 6.00. The second-order valence-electron chi connectivity index (χ2n) is 6.12. The number of carbonyl (C=O) groups excluding carboxylic acids is 2. The van der Waals surface area contributed by atoms with E-state index in [1.807, 2.05) is 18.2 Å². The molecule has 30 heavy (non-hydrogen) atoms. The van der Waals surface area contributed by atoms with Crippen molar-refractivity contribution >= 4 is 23.0 Å². The van der Waals surface area contributed by atoms with Crippen molar-refractivity contribution in [3.05, 3.63) is 69.6 Å². The molecule has 0 aliphatic carbocycles. The molecular formula is C21H20N2O7. The van der Waals surface area contributed by atoms with Gasteiger partial charge in [-0.3, -0.25) is 4.79 Å². The predicted molar refractivity (Wildman–Crippen MR) is 106 cm³/mol. The molecule has 0 radical (unpaired) electrons. The van der Waals surface area contributed by atoms with Gasteiger partial charge in [-0.05, 0) is 25.5 Å². The third-order valence-electron chi connectivity index (χ3n) is 4.14. The third-order valence-corrected chi connectivity index (χ3v) is 4.14. The highest BCUT2D eigenvalue weighted by Crippen LogP contribution is 2.26. The first kappa shape index (κ1) is 20.8. The van der Waals surface area contributed by atoms with Crippen LogP contribution in [0.2, 0.25) is 0 Å². The van der Waals surface area contributed by atoms with E-state index in [0.29, 0.717) is 0 Å². The summed E-state index contributed by atoms with van der Waals surface area (Å²) in [6, 6.07) is 10.3.